The summed E-state index contributed by atoms with van der Waals surface area (Å²) in [5, 5.41) is 10.2. The molecule has 1 aromatic rings. The van der Waals surface area contributed by atoms with E-state index < -0.39 is 6.10 Å². The zero-order valence-electron chi connectivity index (χ0n) is 10.8. The van der Waals surface area contributed by atoms with Crippen molar-refractivity contribution in [3.8, 4) is 0 Å². The Balaban J connectivity index is 1.96. The molecule has 0 radical (unpaired) electrons. The average molecular weight is 320 g/mol. The van der Waals surface area contributed by atoms with Crippen molar-refractivity contribution in [1.82, 2.24) is 4.90 Å². The summed E-state index contributed by atoms with van der Waals surface area (Å²) < 4.78 is 1.07. The van der Waals surface area contributed by atoms with Crippen LogP contribution < -0.4 is 0 Å². The van der Waals surface area contributed by atoms with Crippen molar-refractivity contribution in [3.63, 3.8) is 0 Å². The first kappa shape index (κ1) is 12.9. The Kier molecular flexibility index (Phi) is 3.76. The molecule has 1 saturated heterocycles. The fourth-order valence-electron chi connectivity index (χ4n) is 2.78. The van der Waals surface area contributed by atoms with Gasteiger partial charge < -0.3 is 10.0 Å². The van der Waals surface area contributed by atoms with Crippen molar-refractivity contribution in [1.29, 1.82) is 0 Å². The highest BCUT2D eigenvalue weighted by atomic mass is 79.9. The summed E-state index contributed by atoms with van der Waals surface area (Å²) >= 11 is 3.50. The molecule has 1 aromatic carbocycles. The van der Waals surface area contributed by atoms with Crippen molar-refractivity contribution in [3.05, 3.63) is 46.1 Å². The van der Waals surface area contributed by atoms with Crippen LogP contribution in [-0.4, -0.2) is 29.2 Å². The smallest absolute Gasteiger partial charge is 0.0995 e. The van der Waals surface area contributed by atoms with Crippen LogP contribution in [0.15, 0.2) is 34.9 Å². The number of rotatable bonds is 1. The summed E-state index contributed by atoms with van der Waals surface area (Å²) in [6.45, 7) is 2.21. The molecule has 3 rings (SSSR count). The van der Waals surface area contributed by atoms with Crippen LogP contribution in [-0.2, 0) is 0 Å². The van der Waals surface area contributed by atoms with Crippen molar-refractivity contribution < 1.29 is 5.11 Å². The van der Waals surface area contributed by atoms with Gasteiger partial charge in [-0.05, 0) is 42.5 Å². The van der Waals surface area contributed by atoms with Crippen molar-refractivity contribution >= 4 is 27.6 Å². The van der Waals surface area contributed by atoms with Gasteiger partial charge in [-0.1, -0.05) is 34.1 Å². The van der Waals surface area contributed by atoms with Gasteiger partial charge in [0.15, 0.2) is 0 Å². The van der Waals surface area contributed by atoms with E-state index in [2.05, 4.69) is 39.2 Å². The van der Waals surface area contributed by atoms with Gasteiger partial charge in [0.05, 0.1) is 6.10 Å². The van der Waals surface area contributed by atoms with Gasteiger partial charge in [-0.25, -0.2) is 0 Å². The topological polar surface area (TPSA) is 23.5 Å². The van der Waals surface area contributed by atoms with E-state index >= 15 is 0 Å². The number of aliphatic hydroxyl groups is 1. The monoisotopic (exact) mass is 319 g/mol. The van der Waals surface area contributed by atoms with E-state index in [1.165, 1.54) is 24.8 Å². The minimum Gasteiger partial charge on any atom is -0.384 e. The molecular weight excluding hydrogens is 302 g/mol. The Bertz CT molecular complexity index is 530. The number of piperidine rings is 1. The molecule has 0 aromatic heterocycles. The van der Waals surface area contributed by atoms with E-state index in [4.69, 9.17) is 0 Å². The van der Waals surface area contributed by atoms with E-state index in [9.17, 15) is 5.11 Å². The Labute approximate surface area is 122 Å². The largest absolute Gasteiger partial charge is 0.384 e. The normalized spacial score (nSPS) is 24.6. The summed E-state index contributed by atoms with van der Waals surface area (Å²) in [6.07, 6.45) is 9.36. The lowest BCUT2D eigenvalue weighted by Gasteiger charge is -2.28. The molecule has 1 fully saturated rings. The van der Waals surface area contributed by atoms with Crippen LogP contribution in [0.25, 0.3) is 11.6 Å². The Morgan fingerprint density at radius 3 is 2.79 bits per heavy atom. The zero-order valence-corrected chi connectivity index (χ0v) is 12.4. The molecule has 19 heavy (non-hydrogen) atoms. The van der Waals surface area contributed by atoms with Crippen LogP contribution in [0, 0.1) is 0 Å². The number of halogens is 1. The van der Waals surface area contributed by atoms with Gasteiger partial charge in [-0.15, -0.1) is 0 Å². The molecule has 1 heterocycles. The highest BCUT2D eigenvalue weighted by Crippen LogP contribution is 2.31. The third kappa shape index (κ3) is 2.77. The number of hydrogen-bond donors (Lipinski definition) is 1. The maximum absolute atomic E-state index is 10.2. The maximum atomic E-state index is 10.2. The summed E-state index contributed by atoms with van der Waals surface area (Å²) in [5.74, 6) is 0. The summed E-state index contributed by atoms with van der Waals surface area (Å²) in [7, 11) is 0. The van der Waals surface area contributed by atoms with Gasteiger partial charge in [0.2, 0.25) is 0 Å². The van der Waals surface area contributed by atoms with Gasteiger partial charge in [0.25, 0.3) is 0 Å². The molecule has 1 aliphatic heterocycles. The van der Waals surface area contributed by atoms with Crippen LogP contribution in [0.1, 0.15) is 30.4 Å². The van der Waals surface area contributed by atoms with Crippen LogP contribution >= 0.6 is 15.9 Å². The lowest BCUT2D eigenvalue weighted by atomic mass is 9.91. The molecule has 2 aliphatic rings. The highest BCUT2D eigenvalue weighted by Gasteiger charge is 2.19. The number of likely N-dealkylation sites (tertiary alicyclic amines) is 1. The number of nitrogens with zero attached hydrogens (tertiary/aromatic N) is 1. The summed E-state index contributed by atoms with van der Waals surface area (Å²) in [6, 6.07) is 6.22. The maximum Gasteiger partial charge on any atom is 0.0995 e. The lowest BCUT2D eigenvalue weighted by molar-refractivity contribution is 0.271. The number of aliphatic hydroxyl groups excluding tert-OH is 1. The predicted octanol–water partition coefficient (Wildman–Crippen LogP) is 3.66. The second-order valence-electron chi connectivity index (χ2n) is 5.22. The van der Waals surface area contributed by atoms with E-state index in [-0.39, 0.29) is 0 Å². The van der Waals surface area contributed by atoms with Gasteiger partial charge >= 0.3 is 0 Å². The molecule has 100 valence electrons. The molecule has 0 amide bonds. The van der Waals surface area contributed by atoms with E-state index in [0.29, 0.717) is 0 Å². The van der Waals surface area contributed by atoms with E-state index in [0.717, 1.165) is 28.7 Å². The number of hydrogen-bond acceptors (Lipinski definition) is 2. The molecular formula is C16H18BrNO. The standard InChI is InChI=1S/C16H18BrNO/c17-13-5-6-14-12(10-13)4-7-16(19)15(14)11-18-8-2-1-3-9-18/h4-7,10-11,16,19H,1-3,8-9H2. The fraction of sp³-hybridized carbons (Fsp3) is 0.375. The third-order valence-electron chi connectivity index (χ3n) is 3.81. The van der Waals surface area contributed by atoms with Crippen molar-refractivity contribution in [2.75, 3.05) is 13.1 Å². The molecule has 0 bridgehead atoms. The lowest BCUT2D eigenvalue weighted by Crippen LogP contribution is -2.26. The first-order chi connectivity index (χ1) is 9.24. The highest BCUT2D eigenvalue weighted by molar-refractivity contribution is 9.10. The minimum absolute atomic E-state index is 0.490. The molecule has 3 heteroatoms. The summed E-state index contributed by atoms with van der Waals surface area (Å²) in [5.41, 5.74) is 3.33. The molecule has 2 nitrogen and oxygen atoms in total. The van der Waals surface area contributed by atoms with Gasteiger partial charge in [-0.2, -0.15) is 0 Å². The fourth-order valence-corrected chi connectivity index (χ4v) is 3.16. The van der Waals surface area contributed by atoms with Gasteiger partial charge in [0, 0.05) is 29.3 Å². The molecule has 1 unspecified atom stereocenters. The Hall–Kier alpha value is -1.06. The zero-order chi connectivity index (χ0) is 13.2. The quantitative estimate of drug-likeness (QED) is 0.853. The van der Waals surface area contributed by atoms with Crippen molar-refractivity contribution in [2.45, 2.75) is 25.4 Å². The SMILES string of the molecule is OC1C=Cc2cc(Br)ccc2C1=CN1CCCCC1. The van der Waals surface area contributed by atoms with Crippen LogP contribution in [0.3, 0.4) is 0 Å². The van der Waals surface area contributed by atoms with Crippen LogP contribution in [0.2, 0.25) is 0 Å². The van der Waals surface area contributed by atoms with Crippen LogP contribution in [0.5, 0.6) is 0 Å². The third-order valence-corrected chi connectivity index (χ3v) is 4.31. The first-order valence-electron chi connectivity index (χ1n) is 6.86. The Morgan fingerprint density at radius 1 is 1.21 bits per heavy atom. The molecule has 0 spiro atoms. The first-order valence-corrected chi connectivity index (χ1v) is 7.65. The number of fused-ring (bicyclic) bond motifs is 1. The predicted molar refractivity (Wildman–Crippen MR) is 82.6 cm³/mol. The van der Waals surface area contributed by atoms with Gasteiger partial charge in [-0.3, -0.25) is 0 Å². The minimum atomic E-state index is -0.490. The number of benzene rings is 1. The molecule has 0 saturated carbocycles. The average Bonchev–Trinajstić information content (AvgIpc) is 2.43. The van der Waals surface area contributed by atoms with Crippen molar-refractivity contribution in [2.24, 2.45) is 0 Å². The molecule has 1 atom stereocenters. The van der Waals surface area contributed by atoms with Crippen LogP contribution in [0.4, 0.5) is 0 Å². The second-order valence-corrected chi connectivity index (χ2v) is 6.13. The van der Waals surface area contributed by atoms with Gasteiger partial charge in [0.1, 0.15) is 0 Å². The summed E-state index contributed by atoms with van der Waals surface area (Å²) in [4.78, 5) is 2.34. The second kappa shape index (κ2) is 5.51. The van der Waals surface area contributed by atoms with E-state index in [1.807, 2.05) is 18.2 Å². The van der Waals surface area contributed by atoms with E-state index in [1.54, 1.807) is 0 Å². The molecule has 1 aliphatic carbocycles. The Morgan fingerprint density at radius 2 is 2.00 bits per heavy atom. The molecule has 1 N–H and O–H groups in total.